The lowest BCUT2D eigenvalue weighted by atomic mass is 9.82. The third kappa shape index (κ3) is 33.7. The van der Waals surface area contributed by atoms with Crippen LogP contribution in [0.2, 0.25) is 0 Å². The summed E-state index contributed by atoms with van der Waals surface area (Å²) >= 11 is 14.7. The van der Waals surface area contributed by atoms with Crippen molar-refractivity contribution in [2.75, 3.05) is 0 Å². The fourth-order valence-corrected chi connectivity index (χ4v) is 13.7. The highest BCUT2D eigenvalue weighted by molar-refractivity contribution is 9.09. The highest BCUT2D eigenvalue weighted by atomic mass is 79.9. The highest BCUT2D eigenvalue weighted by Crippen LogP contribution is 2.42. The van der Waals surface area contributed by atoms with Crippen LogP contribution in [0.3, 0.4) is 0 Å². The number of carbonyl (C=O) groups excluding carboxylic acids is 4. The van der Waals surface area contributed by atoms with Crippen molar-refractivity contribution in [2.24, 2.45) is 0 Å². The molecule has 0 amide bonds. The number of ether oxygens (including phenoxy) is 4. The molecule has 0 aliphatic carbocycles. The first kappa shape index (κ1) is 89.7. The minimum Gasteiger partial charge on any atom is -0.427 e. The molecule has 0 aliphatic rings. The van der Waals surface area contributed by atoms with Crippen LogP contribution < -0.4 is 18.9 Å². The maximum atomic E-state index is 12.9. The molecule has 0 aliphatic heterocycles. The molecule has 8 atom stereocenters. The van der Waals surface area contributed by atoms with Gasteiger partial charge in [0.2, 0.25) is 0 Å². The standard InChI is InChI=1S/C27H26BrF3O2.2C18H19BrO2.C10H10O2.C9H7F3.C8H9Br/c1-18(20-6-4-3-5-7-20)16-23(21-10-14-25(15-11-21)33-19(2)32)17-26(28)22-8-12-24(13-9-22)27(29,30)31;2*1-13(15-6-4-3-5-7-15)12-18(19)16-8-10-17(11-9-16)21-14(2)20;1-3-9-4-6-10(7-5-9)12-8(2)11;1-2-7-3-5-8(6-4-7)9(10,11)12;1-7(9)8-5-3-2-4-6-8/h3-15,18,23,26H,16-17H2,1-2H3;2*3-11,13,18H,12H2,1-2H3;3-7H,1H2,2H3;2-6H,1H2;2-7H,1H3. The predicted octanol–water partition coefficient (Wildman–Crippen LogP) is 27.7. The lowest BCUT2D eigenvalue weighted by Gasteiger charge is -2.25. The van der Waals surface area contributed by atoms with E-state index < -0.39 is 23.5 Å². The first-order chi connectivity index (χ1) is 51.3. The third-order valence-electron chi connectivity index (χ3n) is 16.7. The van der Waals surface area contributed by atoms with Gasteiger partial charge in [-0.25, -0.2) is 0 Å². The second kappa shape index (κ2) is 46.4. The summed E-state index contributed by atoms with van der Waals surface area (Å²) in [6.45, 7) is 21.4. The fraction of sp³-hybridized carbons (Fsp3) is 0.244. The van der Waals surface area contributed by atoms with Crippen molar-refractivity contribution >= 4 is 99.7 Å². The van der Waals surface area contributed by atoms with Gasteiger partial charge in [0, 0.05) is 47.0 Å². The van der Waals surface area contributed by atoms with Gasteiger partial charge in [0.25, 0.3) is 0 Å². The van der Waals surface area contributed by atoms with E-state index >= 15 is 0 Å². The smallest absolute Gasteiger partial charge is 0.416 e. The van der Waals surface area contributed by atoms with Gasteiger partial charge in [0.15, 0.2) is 0 Å². The van der Waals surface area contributed by atoms with Crippen LogP contribution in [0.1, 0.15) is 191 Å². The van der Waals surface area contributed by atoms with Gasteiger partial charge in [-0.3, -0.25) is 19.2 Å². The molecule has 0 saturated carbocycles. The molecule has 0 N–H and O–H groups in total. The lowest BCUT2D eigenvalue weighted by molar-refractivity contribution is -0.138. The van der Waals surface area contributed by atoms with E-state index in [1.807, 2.05) is 121 Å². The predicted molar refractivity (Wildman–Crippen MR) is 439 cm³/mol. The zero-order valence-electron chi connectivity index (χ0n) is 61.5. The molecule has 0 bridgehead atoms. The van der Waals surface area contributed by atoms with E-state index in [-0.39, 0.29) is 50.2 Å². The Morgan fingerprint density at radius 1 is 0.315 bits per heavy atom. The van der Waals surface area contributed by atoms with Gasteiger partial charge in [-0.05, 0) is 185 Å². The van der Waals surface area contributed by atoms with E-state index in [9.17, 15) is 45.5 Å². The third-order valence-corrected chi connectivity index (χ3v) is 19.9. The van der Waals surface area contributed by atoms with Crippen molar-refractivity contribution in [2.45, 2.75) is 136 Å². The normalized spacial score (nSPS) is 13.0. The second-order valence-electron chi connectivity index (χ2n) is 25.3. The summed E-state index contributed by atoms with van der Waals surface area (Å²) in [5.74, 6) is 2.33. The molecule has 0 radical (unpaired) electrons. The van der Waals surface area contributed by atoms with E-state index in [1.54, 1.807) is 30.3 Å². The van der Waals surface area contributed by atoms with E-state index in [0.29, 0.717) is 51.6 Å². The van der Waals surface area contributed by atoms with E-state index in [4.69, 9.17) is 18.9 Å². The van der Waals surface area contributed by atoms with Gasteiger partial charge in [-0.2, -0.15) is 26.3 Å². The first-order valence-electron chi connectivity index (χ1n) is 34.8. The molecule has 0 heterocycles. The molecule has 10 rings (SSSR count). The number of hydrogen-bond acceptors (Lipinski definition) is 8. The van der Waals surface area contributed by atoms with Gasteiger partial charge < -0.3 is 18.9 Å². The van der Waals surface area contributed by atoms with Crippen molar-refractivity contribution in [1.29, 1.82) is 0 Å². The largest absolute Gasteiger partial charge is 0.427 e. The lowest BCUT2D eigenvalue weighted by Crippen LogP contribution is -2.09. The number of esters is 4. The van der Waals surface area contributed by atoms with Crippen LogP contribution in [0.25, 0.3) is 12.2 Å². The Hall–Kier alpha value is -8.94. The molecule has 568 valence electrons. The summed E-state index contributed by atoms with van der Waals surface area (Å²) in [6.07, 6.45) is -1.78. The van der Waals surface area contributed by atoms with E-state index in [2.05, 4.69) is 177 Å². The van der Waals surface area contributed by atoms with Crippen LogP contribution in [0.15, 0.2) is 280 Å². The van der Waals surface area contributed by atoms with Gasteiger partial charge in [0.05, 0.1) is 11.1 Å². The Labute approximate surface area is 665 Å². The molecular weight excluding hydrogens is 1640 g/mol. The van der Waals surface area contributed by atoms with Crippen LogP contribution in [0.4, 0.5) is 26.3 Å². The number of hydrogen-bond donors (Lipinski definition) is 0. The van der Waals surface area contributed by atoms with Crippen LogP contribution in [-0.4, -0.2) is 23.9 Å². The van der Waals surface area contributed by atoms with Gasteiger partial charge in [0.1, 0.15) is 23.0 Å². The number of alkyl halides is 10. The molecule has 0 saturated heterocycles. The SMILES string of the molecule is C=Cc1ccc(C(F)(F)F)cc1.C=Cc1ccc(OC(C)=O)cc1.CC(=O)Oc1ccc(C(Br)CC(C)c2ccccc2)cc1.CC(=O)Oc1ccc(C(Br)CC(C)c2ccccc2)cc1.CC(=O)Oc1ccc(C(CC(C)c2ccccc2)CC(Br)c2ccc(C(F)(F)F)cc2)cc1.CC(Br)c1ccccc1. The summed E-state index contributed by atoms with van der Waals surface area (Å²) in [5, 5.41) is 0. The molecule has 0 fully saturated rings. The average molecular weight is 1730 g/mol. The zero-order chi connectivity index (χ0) is 79.3. The van der Waals surface area contributed by atoms with Gasteiger partial charge in [-0.15, -0.1) is 0 Å². The van der Waals surface area contributed by atoms with Crippen molar-refractivity contribution in [3.05, 3.63) is 347 Å². The van der Waals surface area contributed by atoms with Crippen molar-refractivity contribution in [3.8, 4) is 23.0 Å². The van der Waals surface area contributed by atoms with Crippen LogP contribution in [-0.2, 0) is 31.5 Å². The maximum Gasteiger partial charge on any atom is 0.416 e. The molecule has 8 nitrogen and oxygen atoms in total. The quantitative estimate of drug-likeness (QED) is 0.0286. The fourth-order valence-electron chi connectivity index (χ4n) is 10.9. The molecule has 10 aromatic carbocycles. The first-order valence-corrected chi connectivity index (χ1v) is 38.5. The topological polar surface area (TPSA) is 105 Å². The number of rotatable bonds is 22. The molecule has 10 aromatic rings. The van der Waals surface area contributed by atoms with Gasteiger partial charge in [-0.1, -0.05) is 304 Å². The molecule has 18 heteroatoms. The minimum atomic E-state index is -4.35. The van der Waals surface area contributed by atoms with Crippen LogP contribution in [0.5, 0.6) is 23.0 Å². The highest BCUT2D eigenvalue weighted by Gasteiger charge is 2.31. The Balaban J connectivity index is 0.000000245. The van der Waals surface area contributed by atoms with Crippen molar-refractivity contribution in [1.82, 2.24) is 0 Å². The van der Waals surface area contributed by atoms with Crippen molar-refractivity contribution < 1.29 is 64.5 Å². The number of halogens is 10. The maximum absolute atomic E-state index is 12.9. The summed E-state index contributed by atoms with van der Waals surface area (Å²) in [5.41, 5.74) is 9.93. The molecule has 8 unspecified atom stereocenters. The molecule has 0 aromatic heterocycles. The Morgan fingerprint density at radius 2 is 0.546 bits per heavy atom. The summed E-state index contributed by atoms with van der Waals surface area (Å²) in [4.78, 5) is 44.5. The second-order valence-corrected chi connectivity index (χ2v) is 30.0. The van der Waals surface area contributed by atoms with Crippen LogP contribution in [0, 0.1) is 0 Å². The average Bonchev–Trinajstić information content (AvgIpc) is 0.835. The summed E-state index contributed by atoms with van der Waals surface area (Å²) in [6, 6.07) is 81.7. The van der Waals surface area contributed by atoms with Crippen molar-refractivity contribution in [3.63, 3.8) is 0 Å². The Kier molecular flexibility index (Phi) is 38.6. The Morgan fingerprint density at radius 3 is 0.806 bits per heavy atom. The summed E-state index contributed by atoms with van der Waals surface area (Å²) in [7, 11) is 0. The molecule has 0 spiro atoms. The zero-order valence-corrected chi connectivity index (χ0v) is 67.8. The molecule has 108 heavy (non-hydrogen) atoms. The van der Waals surface area contributed by atoms with Crippen LogP contribution >= 0.6 is 63.7 Å². The Bertz CT molecular complexity index is 4180. The number of benzene rings is 10. The van der Waals surface area contributed by atoms with Gasteiger partial charge >= 0.3 is 36.2 Å². The monoisotopic (exact) mass is 1730 g/mol. The van der Waals surface area contributed by atoms with E-state index in [0.717, 1.165) is 60.2 Å². The number of carbonyl (C=O) groups is 4. The van der Waals surface area contributed by atoms with E-state index in [1.165, 1.54) is 91.4 Å². The molecular formula is C90H90Br4F6O8. The minimum absolute atomic E-state index is 0.110. The summed E-state index contributed by atoms with van der Waals surface area (Å²) < 4.78 is 94.8.